The Hall–Kier alpha value is -3.01. The average Bonchev–Trinajstić information content (AvgIpc) is 2.61. The van der Waals surface area contributed by atoms with Crippen LogP contribution in [0.25, 0.3) is 0 Å². The Morgan fingerprint density at radius 3 is 2.41 bits per heavy atom. The van der Waals surface area contributed by atoms with Gasteiger partial charge in [0.05, 0.1) is 6.04 Å². The van der Waals surface area contributed by atoms with Crippen molar-refractivity contribution in [1.29, 1.82) is 0 Å². The highest BCUT2D eigenvalue weighted by Gasteiger charge is 2.66. The SMILES string of the molecule is O=C1N[C@H](c2cccnc2)[C@H](C(=O)c2ccc(F)cc2)[C@](O)(C(F)(F)F)N1. The number of ketones is 1. The first-order valence-electron chi connectivity index (χ1n) is 7.71. The van der Waals surface area contributed by atoms with E-state index in [4.69, 9.17) is 0 Å². The summed E-state index contributed by atoms with van der Waals surface area (Å²) in [4.78, 5) is 28.4. The third kappa shape index (κ3) is 3.35. The molecule has 3 N–H and O–H groups in total. The number of carbonyl (C=O) groups excluding carboxylic acids is 2. The van der Waals surface area contributed by atoms with Crippen molar-refractivity contribution in [3.05, 3.63) is 65.7 Å². The molecule has 2 amide bonds. The first-order valence-corrected chi connectivity index (χ1v) is 7.71. The van der Waals surface area contributed by atoms with Gasteiger partial charge < -0.3 is 15.7 Å². The number of nitrogens with one attached hydrogen (secondary N) is 2. The molecular weight excluding hydrogens is 370 g/mol. The number of halogens is 4. The predicted octanol–water partition coefficient (Wildman–Crippen LogP) is 2.32. The molecule has 2 heterocycles. The minimum atomic E-state index is -5.36. The largest absolute Gasteiger partial charge is 0.437 e. The standard InChI is InChI=1S/C17H13F4N3O3/c18-11-5-3-9(4-6-11)14(25)12-13(10-2-1-7-22-8-10)23-15(26)24-16(12,27)17(19,20)21/h1-8,12-13,27H,(H2,23,24,26)/t12-,13-,16+/m1/s1. The Kier molecular flexibility index (Phi) is 4.60. The van der Waals surface area contributed by atoms with Crippen LogP contribution in [0.4, 0.5) is 22.4 Å². The van der Waals surface area contributed by atoms with Gasteiger partial charge in [0.15, 0.2) is 5.78 Å². The lowest BCUT2D eigenvalue weighted by Crippen LogP contribution is -2.72. The third-order valence-electron chi connectivity index (χ3n) is 4.26. The number of alkyl halides is 3. The van der Waals surface area contributed by atoms with Crippen LogP contribution in [-0.4, -0.2) is 33.8 Å². The maximum atomic E-state index is 13.7. The van der Waals surface area contributed by atoms with Gasteiger partial charge in [0.2, 0.25) is 5.72 Å². The fourth-order valence-electron chi connectivity index (χ4n) is 2.97. The Labute approximate surface area is 150 Å². The number of hydrogen-bond acceptors (Lipinski definition) is 4. The number of rotatable bonds is 3. The number of hydrogen-bond donors (Lipinski definition) is 3. The van der Waals surface area contributed by atoms with Gasteiger partial charge >= 0.3 is 12.2 Å². The highest BCUT2D eigenvalue weighted by Crippen LogP contribution is 2.43. The Bertz CT molecular complexity index is 858. The molecule has 6 nitrogen and oxygen atoms in total. The van der Waals surface area contributed by atoms with Crippen LogP contribution in [0.15, 0.2) is 48.8 Å². The number of nitrogens with zero attached hydrogens (tertiary/aromatic N) is 1. The monoisotopic (exact) mass is 383 g/mol. The fraction of sp³-hybridized carbons (Fsp3) is 0.235. The molecule has 142 valence electrons. The summed E-state index contributed by atoms with van der Waals surface area (Å²) in [6.07, 6.45) is -2.82. The van der Waals surface area contributed by atoms with Crippen LogP contribution in [0, 0.1) is 11.7 Å². The lowest BCUT2D eigenvalue weighted by atomic mass is 9.77. The summed E-state index contributed by atoms with van der Waals surface area (Å²) >= 11 is 0. The van der Waals surface area contributed by atoms with E-state index in [2.05, 4.69) is 10.3 Å². The summed E-state index contributed by atoms with van der Waals surface area (Å²) in [6.45, 7) is 0. The molecule has 0 radical (unpaired) electrons. The van der Waals surface area contributed by atoms with E-state index >= 15 is 0 Å². The molecule has 0 saturated carbocycles. The minimum absolute atomic E-state index is 0.0930. The van der Waals surface area contributed by atoms with Crippen LogP contribution >= 0.6 is 0 Å². The molecule has 1 saturated heterocycles. The molecule has 10 heteroatoms. The highest BCUT2D eigenvalue weighted by atomic mass is 19.4. The number of urea groups is 1. The predicted molar refractivity (Wildman–Crippen MR) is 83.9 cm³/mol. The molecule has 1 aliphatic rings. The van der Waals surface area contributed by atoms with Gasteiger partial charge in [-0.25, -0.2) is 9.18 Å². The van der Waals surface area contributed by atoms with Gasteiger partial charge in [0.25, 0.3) is 0 Å². The maximum absolute atomic E-state index is 13.7. The topological polar surface area (TPSA) is 91.3 Å². The molecule has 1 fully saturated rings. The van der Waals surface area contributed by atoms with Crippen LogP contribution in [-0.2, 0) is 0 Å². The van der Waals surface area contributed by atoms with Gasteiger partial charge in [-0.2, -0.15) is 13.2 Å². The van der Waals surface area contributed by atoms with Crippen LogP contribution in [0.5, 0.6) is 0 Å². The molecule has 2 aromatic rings. The van der Waals surface area contributed by atoms with E-state index in [0.717, 1.165) is 24.3 Å². The molecule has 1 aromatic heterocycles. The first-order chi connectivity index (χ1) is 12.6. The molecule has 1 aromatic carbocycles. The third-order valence-corrected chi connectivity index (χ3v) is 4.26. The van der Waals surface area contributed by atoms with Crippen LogP contribution in [0.2, 0.25) is 0 Å². The lowest BCUT2D eigenvalue weighted by Gasteiger charge is -2.44. The Balaban J connectivity index is 2.15. The molecule has 3 rings (SSSR count). The van der Waals surface area contributed by atoms with Gasteiger partial charge in [-0.3, -0.25) is 9.78 Å². The normalized spacial score (nSPS) is 25.4. The second kappa shape index (κ2) is 6.62. The van der Waals surface area contributed by atoms with Crippen molar-refractivity contribution in [2.45, 2.75) is 17.9 Å². The van der Waals surface area contributed by atoms with Crippen molar-refractivity contribution in [2.24, 2.45) is 5.92 Å². The molecule has 0 aliphatic carbocycles. The van der Waals surface area contributed by atoms with Crippen molar-refractivity contribution in [3.8, 4) is 0 Å². The van der Waals surface area contributed by atoms with E-state index in [-0.39, 0.29) is 11.1 Å². The molecule has 0 unspecified atom stereocenters. The van der Waals surface area contributed by atoms with Crippen molar-refractivity contribution < 1.29 is 32.3 Å². The van der Waals surface area contributed by atoms with Gasteiger partial charge in [-0.05, 0) is 35.9 Å². The van der Waals surface area contributed by atoms with Crippen molar-refractivity contribution in [3.63, 3.8) is 0 Å². The number of Topliss-reactive ketones (excluding diaryl/α,β-unsaturated/α-hetero) is 1. The highest BCUT2D eigenvalue weighted by molar-refractivity contribution is 6.00. The number of pyridine rings is 1. The smallest absolute Gasteiger partial charge is 0.363 e. The lowest BCUT2D eigenvalue weighted by molar-refractivity contribution is -0.287. The number of benzene rings is 1. The number of aromatic nitrogens is 1. The zero-order valence-electron chi connectivity index (χ0n) is 13.5. The first kappa shape index (κ1) is 18.8. The summed E-state index contributed by atoms with van der Waals surface area (Å²) in [5.41, 5.74) is -3.99. The Morgan fingerprint density at radius 1 is 1.19 bits per heavy atom. The van der Waals surface area contributed by atoms with E-state index in [1.165, 1.54) is 29.8 Å². The fourth-order valence-corrected chi connectivity index (χ4v) is 2.97. The number of carbonyl (C=O) groups is 2. The summed E-state index contributed by atoms with van der Waals surface area (Å²) in [7, 11) is 0. The minimum Gasteiger partial charge on any atom is -0.363 e. The van der Waals surface area contributed by atoms with Gasteiger partial charge in [0, 0.05) is 18.0 Å². The zero-order valence-corrected chi connectivity index (χ0v) is 13.5. The van der Waals surface area contributed by atoms with Gasteiger partial charge in [-0.1, -0.05) is 6.07 Å². The van der Waals surface area contributed by atoms with Crippen molar-refractivity contribution in [1.82, 2.24) is 15.6 Å². The summed E-state index contributed by atoms with van der Waals surface area (Å²) < 4.78 is 54.1. The quantitative estimate of drug-likeness (QED) is 0.561. The van der Waals surface area contributed by atoms with Crippen LogP contribution in [0.3, 0.4) is 0 Å². The van der Waals surface area contributed by atoms with E-state index < -0.39 is 41.5 Å². The summed E-state index contributed by atoms with van der Waals surface area (Å²) in [5, 5.41) is 14.0. The van der Waals surface area contributed by atoms with Crippen molar-refractivity contribution >= 4 is 11.8 Å². The zero-order chi connectivity index (χ0) is 19.8. The molecule has 0 spiro atoms. The van der Waals surface area contributed by atoms with E-state index in [0.29, 0.717) is 0 Å². The van der Waals surface area contributed by atoms with Gasteiger partial charge in [-0.15, -0.1) is 0 Å². The average molecular weight is 383 g/mol. The molecular formula is C17H13F4N3O3. The molecule has 1 aliphatic heterocycles. The van der Waals surface area contributed by atoms with E-state index in [1.807, 2.05) is 0 Å². The van der Waals surface area contributed by atoms with Crippen LogP contribution in [0.1, 0.15) is 22.0 Å². The molecule has 3 atom stereocenters. The summed E-state index contributed by atoms with van der Waals surface area (Å²) in [5.74, 6) is -3.99. The van der Waals surface area contributed by atoms with E-state index in [1.54, 1.807) is 0 Å². The van der Waals surface area contributed by atoms with Crippen LogP contribution < -0.4 is 10.6 Å². The second-order valence-corrected chi connectivity index (χ2v) is 5.98. The number of aliphatic hydroxyl groups is 1. The van der Waals surface area contributed by atoms with Crippen molar-refractivity contribution in [2.75, 3.05) is 0 Å². The van der Waals surface area contributed by atoms with Gasteiger partial charge in [0.1, 0.15) is 11.7 Å². The number of amides is 2. The summed E-state index contributed by atoms with van der Waals surface area (Å²) in [6, 6.07) is 3.79. The maximum Gasteiger partial charge on any atom is 0.437 e. The second-order valence-electron chi connectivity index (χ2n) is 5.98. The molecule has 0 bridgehead atoms. The molecule has 27 heavy (non-hydrogen) atoms. The van der Waals surface area contributed by atoms with E-state index in [9.17, 15) is 32.3 Å². The Morgan fingerprint density at radius 2 is 1.85 bits per heavy atom.